The van der Waals surface area contributed by atoms with Gasteiger partial charge in [-0.25, -0.2) is 9.59 Å². The Hall–Kier alpha value is -2.76. The second kappa shape index (κ2) is 5.92. The predicted molar refractivity (Wildman–Crippen MR) is 70.2 cm³/mol. The van der Waals surface area contributed by atoms with Gasteiger partial charge in [-0.05, 0) is 23.6 Å². The fraction of sp³-hybridized carbons (Fsp3) is 0.143. The summed E-state index contributed by atoms with van der Waals surface area (Å²) in [5.41, 5.74) is 0. The minimum atomic E-state index is -1.07. The molecular weight excluding hydrogens is 264 g/mol. The molecule has 2 rings (SSSR count). The Morgan fingerprint density at radius 2 is 1.65 bits per heavy atom. The van der Waals surface area contributed by atoms with E-state index in [1.165, 1.54) is 0 Å². The Kier molecular flexibility index (Phi) is 4.05. The van der Waals surface area contributed by atoms with Gasteiger partial charge in [0.25, 0.3) is 0 Å². The van der Waals surface area contributed by atoms with Crippen molar-refractivity contribution in [2.75, 3.05) is 13.2 Å². The van der Waals surface area contributed by atoms with Crippen LogP contribution in [0.1, 0.15) is 0 Å². The summed E-state index contributed by atoms with van der Waals surface area (Å²) in [6.07, 6.45) is 0. The van der Waals surface area contributed by atoms with E-state index in [0.717, 1.165) is 5.39 Å². The van der Waals surface area contributed by atoms with Crippen LogP contribution < -0.4 is 9.47 Å². The van der Waals surface area contributed by atoms with Crippen molar-refractivity contribution in [3.05, 3.63) is 36.4 Å². The van der Waals surface area contributed by atoms with E-state index in [1.807, 2.05) is 6.07 Å². The van der Waals surface area contributed by atoms with Gasteiger partial charge >= 0.3 is 11.9 Å². The molecule has 0 unspecified atom stereocenters. The zero-order valence-electron chi connectivity index (χ0n) is 10.4. The maximum Gasteiger partial charge on any atom is 0.341 e. The molecule has 2 N–H and O–H groups in total. The first-order valence-electron chi connectivity index (χ1n) is 5.78. The van der Waals surface area contributed by atoms with E-state index in [1.54, 1.807) is 30.3 Å². The third kappa shape index (κ3) is 3.38. The lowest BCUT2D eigenvalue weighted by Crippen LogP contribution is -2.10. The van der Waals surface area contributed by atoms with Crippen molar-refractivity contribution < 1.29 is 29.3 Å². The molecule has 0 heterocycles. The Balaban J connectivity index is 2.30. The molecule has 104 valence electrons. The summed E-state index contributed by atoms with van der Waals surface area (Å²) < 4.78 is 10.3. The number of fused-ring (bicyclic) bond motifs is 1. The summed E-state index contributed by atoms with van der Waals surface area (Å²) >= 11 is 0. The van der Waals surface area contributed by atoms with E-state index >= 15 is 0 Å². The van der Waals surface area contributed by atoms with Gasteiger partial charge in [-0.15, -0.1) is 0 Å². The van der Waals surface area contributed by atoms with Crippen molar-refractivity contribution in [2.24, 2.45) is 0 Å². The zero-order chi connectivity index (χ0) is 14.5. The third-order valence-corrected chi connectivity index (χ3v) is 2.53. The molecule has 6 heteroatoms. The number of carbonyl (C=O) groups is 2. The van der Waals surface area contributed by atoms with Crippen molar-refractivity contribution in [3.8, 4) is 11.5 Å². The van der Waals surface area contributed by atoms with Crippen LogP contribution in [-0.2, 0) is 9.59 Å². The van der Waals surface area contributed by atoms with Crippen LogP contribution >= 0.6 is 0 Å². The highest BCUT2D eigenvalue weighted by molar-refractivity contribution is 5.89. The number of hydrogen-bond acceptors (Lipinski definition) is 4. The number of carboxylic acid groups (broad SMARTS) is 2. The van der Waals surface area contributed by atoms with Crippen molar-refractivity contribution in [3.63, 3.8) is 0 Å². The maximum atomic E-state index is 10.5. The average Bonchev–Trinajstić information content (AvgIpc) is 2.42. The van der Waals surface area contributed by atoms with Crippen LogP contribution in [0.15, 0.2) is 36.4 Å². The first-order chi connectivity index (χ1) is 9.56. The van der Waals surface area contributed by atoms with Gasteiger partial charge in [0.1, 0.15) is 11.5 Å². The van der Waals surface area contributed by atoms with Gasteiger partial charge in [0, 0.05) is 5.39 Å². The lowest BCUT2D eigenvalue weighted by molar-refractivity contribution is -0.140. The summed E-state index contributed by atoms with van der Waals surface area (Å²) in [6.45, 7) is -0.886. The molecule has 0 saturated carbocycles. The monoisotopic (exact) mass is 276 g/mol. The summed E-state index contributed by atoms with van der Waals surface area (Å²) in [6, 6.07) is 10.2. The summed E-state index contributed by atoms with van der Waals surface area (Å²) in [5, 5.41) is 18.7. The van der Waals surface area contributed by atoms with Crippen molar-refractivity contribution in [1.82, 2.24) is 0 Å². The van der Waals surface area contributed by atoms with Crippen LogP contribution in [0, 0.1) is 0 Å². The first kappa shape index (κ1) is 13.7. The van der Waals surface area contributed by atoms with Gasteiger partial charge in [-0.1, -0.05) is 18.2 Å². The highest BCUT2D eigenvalue weighted by atomic mass is 16.5. The van der Waals surface area contributed by atoms with E-state index in [-0.39, 0.29) is 0 Å². The lowest BCUT2D eigenvalue weighted by Gasteiger charge is -2.09. The molecule has 0 atom stereocenters. The molecular formula is C14H12O6. The molecule has 0 spiro atoms. The Labute approximate surface area is 114 Å². The SMILES string of the molecule is O=C(O)COc1ccc2cccc(OCC(=O)O)c2c1. The molecule has 0 aliphatic rings. The second-order valence-corrected chi connectivity index (χ2v) is 4.00. The van der Waals surface area contributed by atoms with Crippen LogP contribution in [0.4, 0.5) is 0 Å². The first-order valence-corrected chi connectivity index (χ1v) is 5.78. The summed E-state index contributed by atoms with van der Waals surface area (Å²) in [7, 11) is 0. The average molecular weight is 276 g/mol. The number of carboxylic acids is 2. The van der Waals surface area contributed by atoms with Crippen LogP contribution in [0.3, 0.4) is 0 Å². The number of ether oxygens (including phenoxy) is 2. The van der Waals surface area contributed by atoms with Crippen LogP contribution in [0.2, 0.25) is 0 Å². The topological polar surface area (TPSA) is 93.1 Å². The molecule has 0 saturated heterocycles. The van der Waals surface area contributed by atoms with Gasteiger partial charge < -0.3 is 19.7 Å². The normalized spacial score (nSPS) is 10.2. The maximum absolute atomic E-state index is 10.5. The van der Waals surface area contributed by atoms with Gasteiger partial charge in [-0.2, -0.15) is 0 Å². The van der Waals surface area contributed by atoms with E-state index in [0.29, 0.717) is 16.9 Å². The van der Waals surface area contributed by atoms with Crippen LogP contribution in [0.25, 0.3) is 10.8 Å². The zero-order valence-corrected chi connectivity index (χ0v) is 10.4. The molecule has 0 fully saturated rings. The lowest BCUT2D eigenvalue weighted by atomic mass is 10.1. The Bertz CT molecular complexity index is 649. The molecule has 0 amide bonds. The van der Waals surface area contributed by atoms with Gasteiger partial charge in [0.15, 0.2) is 13.2 Å². The van der Waals surface area contributed by atoms with Crippen molar-refractivity contribution in [1.29, 1.82) is 0 Å². The largest absolute Gasteiger partial charge is 0.482 e. The molecule has 6 nitrogen and oxygen atoms in total. The number of hydrogen-bond donors (Lipinski definition) is 2. The fourth-order valence-electron chi connectivity index (χ4n) is 1.72. The molecule has 0 aliphatic heterocycles. The smallest absolute Gasteiger partial charge is 0.341 e. The predicted octanol–water partition coefficient (Wildman–Crippen LogP) is 1.77. The molecule has 0 bridgehead atoms. The highest BCUT2D eigenvalue weighted by Crippen LogP contribution is 2.29. The quantitative estimate of drug-likeness (QED) is 0.835. The minimum absolute atomic E-state index is 0.381. The Morgan fingerprint density at radius 3 is 2.35 bits per heavy atom. The van der Waals surface area contributed by atoms with Gasteiger partial charge in [0.2, 0.25) is 0 Å². The van der Waals surface area contributed by atoms with Crippen LogP contribution in [-0.4, -0.2) is 35.4 Å². The van der Waals surface area contributed by atoms with Crippen molar-refractivity contribution >= 4 is 22.7 Å². The molecule has 20 heavy (non-hydrogen) atoms. The summed E-state index contributed by atoms with van der Waals surface area (Å²) in [4.78, 5) is 21.0. The fourth-order valence-corrected chi connectivity index (χ4v) is 1.72. The standard InChI is InChI=1S/C14H12O6/c15-13(16)7-19-10-5-4-9-2-1-3-12(11(9)6-10)20-8-14(17)18/h1-6H,7-8H2,(H,15,16)(H,17,18). The molecule has 0 aromatic heterocycles. The Morgan fingerprint density at radius 1 is 0.950 bits per heavy atom. The van der Waals surface area contributed by atoms with Crippen LogP contribution in [0.5, 0.6) is 11.5 Å². The van der Waals surface area contributed by atoms with E-state index in [9.17, 15) is 9.59 Å². The van der Waals surface area contributed by atoms with E-state index in [2.05, 4.69) is 0 Å². The molecule has 0 radical (unpaired) electrons. The highest BCUT2D eigenvalue weighted by Gasteiger charge is 2.07. The van der Waals surface area contributed by atoms with Gasteiger partial charge in [0.05, 0.1) is 0 Å². The van der Waals surface area contributed by atoms with Gasteiger partial charge in [-0.3, -0.25) is 0 Å². The minimum Gasteiger partial charge on any atom is -0.482 e. The molecule has 2 aromatic carbocycles. The third-order valence-electron chi connectivity index (χ3n) is 2.53. The number of benzene rings is 2. The number of aliphatic carboxylic acids is 2. The second-order valence-electron chi connectivity index (χ2n) is 4.00. The van der Waals surface area contributed by atoms with E-state index in [4.69, 9.17) is 19.7 Å². The summed E-state index contributed by atoms with van der Waals surface area (Å²) in [5.74, 6) is -1.35. The molecule has 0 aliphatic carbocycles. The van der Waals surface area contributed by atoms with E-state index < -0.39 is 25.2 Å². The molecule has 2 aromatic rings. The number of rotatable bonds is 6. The van der Waals surface area contributed by atoms with Crippen molar-refractivity contribution in [2.45, 2.75) is 0 Å².